The van der Waals surface area contributed by atoms with Gasteiger partial charge in [-0.2, -0.15) is 5.10 Å². The van der Waals surface area contributed by atoms with Gasteiger partial charge in [0.05, 0.1) is 25.3 Å². The fourth-order valence-corrected chi connectivity index (χ4v) is 3.75. The summed E-state index contributed by atoms with van der Waals surface area (Å²) >= 11 is 0. The predicted octanol–water partition coefficient (Wildman–Crippen LogP) is 1.35. The first-order valence-corrected chi connectivity index (χ1v) is 8.98. The standard InChI is InChI=1S/C19H20N4O4/c24-18-16(15-11-25-19(26-15)17(18)23-8-4-7-21-23)20-10-13-9-14(22-27-13)12-5-2-1-3-6-12/h1-9,15-20,24H,10-11H2/t15-,16-,17-,18+,19-/m1/s1. The number of fused-ring (bicyclic) bond motifs is 2. The molecule has 2 aliphatic rings. The minimum absolute atomic E-state index is 0.215. The molecule has 2 aromatic heterocycles. The van der Waals surface area contributed by atoms with Gasteiger partial charge in [0.15, 0.2) is 12.1 Å². The third-order valence-corrected chi connectivity index (χ3v) is 5.10. The summed E-state index contributed by atoms with van der Waals surface area (Å²) in [5, 5.41) is 22.6. The molecule has 0 saturated carbocycles. The number of aliphatic hydroxyl groups excluding tert-OH is 1. The van der Waals surface area contributed by atoms with Gasteiger partial charge in [-0.25, -0.2) is 0 Å². The van der Waals surface area contributed by atoms with E-state index >= 15 is 0 Å². The molecule has 0 spiro atoms. The lowest BCUT2D eigenvalue weighted by molar-refractivity contribution is -0.168. The van der Waals surface area contributed by atoms with Crippen molar-refractivity contribution in [2.45, 2.75) is 37.1 Å². The van der Waals surface area contributed by atoms with E-state index in [0.29, 0.717) is 18.9 Å². The Hall–Kier alpha value is -2.52. The lowest BCUT2D eigenvalue weighted by Crippen LogP contribution is -2.57. The van der Waals surface area contributed by atoms with Crippen LogP contribution in [0.4, 0.5) is 0 Å². The summed E-state index contributed by atoms with van der Waals surface area (Å²) < 4.78 is 18.8. The lowest BCUT2D eigenvalue weighted by Gasteiger charge is -2.38. The summed E-state index contributed by atoms with van der Waals surface area (Å²) in [5.41, 5.74) is 1.78. The number of rotatable bonds is 5. The van der Waals surface area contributed by atoms with Crippen molar-refractivity contribution in [1.82, 2.24) is 20.3 Å². The Bertz CT molecular complexity index is 882. The van der Waals surface area contributed by atoms with Crippen molar-refractivity contribution in [1.29, 1.82) is 0 Å². The van der Waals surface area contributed by atoms with Crippen LogP contribution in [0.15, 0.2) is 59.4 Å². The fraction of sp³-hybridized carbons (Fsp3) is 0.368. The average Bonchev–Trinajstić information content (AvgIpc) is 3.44. The van der Waals surface area contributed by atoms with Crippen LogP contribution in [-0.2, 0) is 16.0 Å². The van der Waals surface area contributed by atoms with Crippen LogP contribution >= 0.6 is 0 Å². The Morgan fingerprint density at radius 1 is 1.22 bits per heavy atom. The van der Waals surface area contributed by atoms with Crippen molar-refractivity contribution in [2.75, 3.05) is 6.61 Å². The largest absolute Gasteiger partial charge is 0.389 e. The second-order valence-electron chi connectivity index (χ2n) is 6.79. The molecule has 0 amide bonds. The van der Waals surface area contributed by atoms with E-state index < -0.39 is 18.4 Å². The Morgan fingerprint density at radius 2 is 2.11 bits per heavy atom. The number of ether oxygens (including phenoxy) is 2. The van der Waals surface area contributed by atoms with Gasteiger partial charge in [0, 0.05) is 24.0 Å². The van der Waals surface area contributed by atoms with Crippen molar-refractivity contribution >= 4 is 0 Å². The SMILES string of the molecule is O[C@H]1[C@H](NCc2cc(-c3ccccc3)no2)[C@H]2CO[C@H](O2)[C@@H]1n1cccn1. The molecule has 2 bridgehead atoms. The summed E-state index contributed by atoms with van der Waals surface area (Å²) in [5.74, 6) is 0.692. The monoisotopic (exact) mass is 368 g/mol. The van der Waals surface area contributed by atoms with Crippen molar-refractivity contribution in [3.05, 3.63) is 60.6 Å². The van der Waals surface area contributed by atoms with E-state index in [4.69, 9.17) is 14.0 Å². The lowest BCUT2D eigenvalue weighted by atomic mass is 9.96. The second-order valence-corrected chi connectivity index (χ2v) is 6.79. The molecule has 0 radical (unpaired) electrons. The van der Waals surface area contributed by atoms with E-state index in [1.807, 2.05) is 42.5 Å². The number of aliphatic hydroxyl groups is 1. The molecule has 1 aromatic carbocycles. The average molecular weight is 368 g/mol. The van der Waals surface area contributed by atoms with Crippen LogP contribution in [-0.4, -0.2) is 51.2 Å². The molecule has 140 valence electrons. The molecule has 2 N–H and O–H groups in total. The number of aromatic nitrogens is 3. The van der Waals surface area contributed by atoms with E-state index in [1.54, 1.807) is 17.1 Å². The molecule has 0 unspecified atom stereocenters. The highest BCUT2D eigenvalue weighted by Crippen LogP contribution is 2.35. The molecular formula is C19H20N4O4. The van der Waals surface area contributed by atoms with Gasteiger partial charge in [0.1, 0.15) is 17.8 Å². The predicted molar refractivity (Wildman–Crippen MR) is 94.5 cm³/mol. The normalized spacial score (nSPS) is 29.9. The minimum atomic E-state index is -0.701. The zero-order valence-corrected chi connectivity index (χ0v) is 14.5. The quantitative estimate of drug-likeness (QED) is 0.702. The third-order valence-electron chi connectivity index (χ3n) is 5.10. The maximum atomic E-state index is 10.9. The zero-order valence-electron chi connectivity index (χ0n) is 14.5. The van der Waals surface area contributed by atoms with Gasteiger partial charge in [0.25, 0.3) is 0 Å². The third kappa shape index (κ3) is 3.06. The molecule has 8 nitrogen and oxygen atoms in total. The Labute approximate surface area is 155 Å². The first kappa shape index (κ1) is 16.6. The molecule has 0 aliphatic carbocycles. The summed E-state index contributed by atoms with van der Waals surface area (Å²) in [4.78, 5) is 0. The van der Waals surface area contributed by atoms with Gasteiger partial charge >= 0.3 is 0 Å². The fourth-order valence-electron chi connectivity index (χ4n) is 3.75. The van der Waals surface area contributed by atoms with Crippen molar-refractivity contribution in [3.8, 4) is 11.3 Å². The van der Waals surface area contributed by atoms with Crippen LogP contribution < -0.4 is 5.32 Å². The Morgan fingerprint density at radius 3 is 2.93 bits per heavy atom. The van der Waals surface area contributed by atoms with Crippen LogP contribution in [0.25, 0.3) is 11.3 Å². The summed E-state index contributed by atoms with van der Waals surface area (Å²) in [6, 6.07) is 12.9. The van der Waals surface area contributed by atoms with E-state index in [1.165, 1.54) is 0 Å². The molecule has 2 fully saturated rings. The van der Waals surface area contributed by atoms with Gasteiger partial charge in [-0.05, 0) is 6.07 Å². The Kier molecular flexibility index (Phi) is 4.25. The van der Waals surface area contributed by atoms with Crippen LogP contribution in [0.1, 0.15) is 11.8 Å². The minimum Gasteiger partial charge on any atom is -0.389 e. The highest BCUT2D eigenvalue weighted by molar-refractivity contribution is 5.58. The maximum absolute atomic E-state index is 10.9. The summed E-state index contributed by atoms with van der Waals surface area (Å²) in [7, 11) is 0. The van der Waals surface area contributed by atoms with Crippen molar-refractivity contribution in [2.24, 2.45) is 0 Å². The molecule has 5 atom stereocenters. The molecule has 4 heterocycles. The topological polar surface area (TPSA) is 94.6 Å². The van der Waals surface area contributed by atoms with Crippen molar-refractivity contribution in [3.63, 3.8) is 0 Å². The van der Waals surface area contributed by atoms with E-state index in [0.717, 1.165) is 11.3 Å². The number of hydrogen-bond donors (Lipinski definition) is 2. The molecule has 2 saturated heterocycles. The molecule has 5 rings (SSSR count). The van der Waals surface area contributed by atoms with Crippen LogP contribution in [0.2, 0.25) is 0 Å². The van der Waals surface area contributed by atoms with Gasteiger partial charge < -0.3 is 24.4 Å². The van der Waals surface area contributed by atoms with E-state index in [2.05, 4.69) is 15.6 Å². The van der Waals surface area contributed by atoms with E-state index in [9.17, 15) is 5.11 Å². The Balaban J connectivity index is 1.30. The molecule has 27 heavy (non-hydrogen) atoms. The molecular weight excluding hydrogens is 348 g/mol. The number of nitrogens with zero attached hydrogens (tertiary/aromatic N) is 3. The first-order chi connectivity index (χ1) is 13.3. The maximum Gasteiger partial charge on any atom is 0.183 e. The van der Waals surface area contributed by atoms with Gasteiger partial charge in [-0.3, -0.25) is 4.68 Å². The first-order valence-electron chi connectivity index (χ1n) is 8.98. The van der Waals surface area contributed by atoms with Crippen LogP contribution in [0, 0.1) is 0 Å². The van der Waals surface area contributed by atoms with Crippen LogP contribution in [0.3, 0.4) is 0 Å². The smallest absolute Gasteiger partial charge is 0.183 e. The van der Waals surface area contributed by atoms with E-state index in [-0.39, 0.29) is 12.1 Å². The zero-order chi connectivity index (χ0) is 18.2. The molecule has 8 heteroatoms. The van der Waals surface area contributed by atoms with Gasteiger partial charge in [-0.1, -0.05) is 35.5 Å². The van der Waals surface area contributed by atoms with Gasteiger partial charge in [-0.15, -0.1) is 0 Å². The number of nitrogens with one attached hydrogen (secondary N) is 1. The number of hydrogen-bond acceptors (Lipinski definition) is 7. The summed E-state index contributed by atoms with van der Waals surface area (Å²) in [6.45, 7) is 0.862. The van der Waals surface area contributed by atoms with Gasteiger partial charge in [0.2, 0.25) is 0 Å². The van der Waals surface area contributed by atoms with Crippen molar-refractivity contribution < 1.29 is 19.1 Å². The second kappa shape index (κ2) is 6.90. The highest BCUT2D eigenvalue weighted by Gasteiger charge is 2.51. The molecule has 3 aromatic rings. The summed E-state index contributed by atoms with van der Waals surface area (Å²) in [6.07, 6.45) is 2.08. The van der Waals surface area contributed by atoms with Crippen LogP contribution in [0.5, 0.6) is 0 Å². The molecule has 2 aliphatic heterocycles. The highest BCUT2D eigenvalue weighted by atomic mass is 16.7. The number of benzene rings is 1.